The van der Waals surface area contributed by atoms with E-state index in [0.29, 0.717) is 6.61 Å². The SMILES string of the molecule is C=CC(=O)OCCOC=CC=CC. The fourth-order valence-electron chi connectivity index (χ4n) is 0.529. The highest BCUT2D eigenvalue weighted by Gasteiger charge is 1.92. The Balaban J connectivity index is 3.26. The highest BCUT2D eigenvalue weighted by atomic mass is 16.6. The van der Waals surface area contributed by atoms with Crippen molar-refractivity contribution in [3.63, 3.8) is 0 Å². The molecule has 13 heavy (non-hydrogen) atoms. The van der Waals surface area contributed by atoms with Gasteiger partial charge >= 0.3 is 5.97 Å². The number of ether oxygens (including phenoxy) is 2. The first-order valence-electron chi connectivity index (χ1n) is 4.00. The van der Waals surface area contributed by atoms with Crippen molar-refractivity contribution < 1.29 is 14.3 Å². The van der Waals surface area contributed by atoms with Crippen LogP contribution in [0.5, 0.6) is 0 Å². The standard InChI is InChI=1S/C10H14O3/c1-3-5-6-7-12-8-9-13-10(11)4-2/h3-7H,2,8-9H2,1H3. The average molecular weight is 182 g/mol. The highest BCUT2D eigenvalue weighted by Crippen LogP contribution is 1.83. The quantitative estimate of drug-likeness (QED) is 0.207. The van der Waals surface area contributed by atoms with Crippen LogP contribution in [0.25, 0.3) is 0 Å². The summed E-state index contributed by atoms with van der Waals surface area (Å²) in [6.45, 7) is 5.77. The van der Waals surface area contributed by atoms with Crippen LogP contribution < -0.4 is 0 Å². The van der Waals surface area contributed by atoms with Gasteiger partial charge in [0.1, 0.15) is 13.2 Å². The van der Waals surface area contributed by atoms with Crippen LogP contribution in [0.3, 0.4) is 0 Å². The molecule has 0 saturated carbocycles. The molecule has 0 rings (SSSR count). The molecule has 0 saturated heterocycles. The van der Waals surface area contributed by atoms with Crippen molar-refractivity contribution in [1.82, 2.24) is 0 Å². The summed E-state index contributed by atoms with van der Waals surface area (Å²) in [5.41, 5.74) is 0. The number of esters is 1. The summed E-state index contributed by atoms with van der Waals surface area (Å²) in [4.78, 5) is 10.5. The third-order valence-corrected chi connectivity index (χ3v) is 1.09. The Morgan fingerprint density at radius 2 is 2.15 bits per heavy atom. The van der Waals surface area contributed by atoms with Crippen molar-refractivity contribution in [1.29, 1.82) is 0 Å². The molecule has 0 bridgehead atoms. The maximum atomic E-state index is 10.5. The van der Waals surface area contributed by atoms with Gasteiger partial charge < -0.3 is 9.47 Å². The van der Waals surface area contributed by atoms with E-state index >= 15 is 0 Å². The molecular formula is C10H14O3. The van der Waals surface area contributed by atoms with E-state index in [2.05, 4.69) is 11.3 Å². The van der Waals surface area contributed by atoms with Crippen molar-refractivity contribution in [3.05, 3.63) is 37.1 Å². The summed E-state index contributed by atoms with van der Waals surface area (Å²) in [7, 11) is 0. The zero-order valence-corrected chi connectivity index (χ0v) is 7.73. The number of hydrogen-bond donors (Lipinski definition) is 0. The van der Waals surface area contributed by atoms with Crippen LogP contribution in [0.2, 0.25) is 0 Å². The van der Waals surface area contributed by atoms with E-state index in [1.54, 1.807) is 12.3 Å². The topological polar surface area (TPSA) is 35.5 Å². The average Bonchev–Trinajstić information content (AvgIpc) is 2.16. The summed E-state index contributed by atoms with van der Waals surface area (Å²) >= 11 is 0. The molecule has 0 radical (unpaired) electrons. The third kappa shape index (κ3) is 8.40. The zero-order chi connectivity index (χ0) is 9.94. The lowest BCUT2D eigenvalue weighted by molar-refractivity contribution is -0.138. The van der Waals surface area contributed by atoms with Gasteiger partial charge in [0.05, 0.1) is 6.26 Å². The smallest absolute Gasteiger partial charge is 0.330 e. The van der Waals surface area contributed by atoms with Crippen LogP contribution in [0, 0.1) is 0 Å². The molecule has 0 fully saturated rings. The molecule has 0 aliphatic rings. The Morgan fingerprint density at radius 1 is 1.38 bits per heavy atom. The van der Waals surface area contributed by atoms with Gasteiger partial charge in [0.25, 0.3) is 0 Å². The molecule has 72 valence electrons. The van der Waals surface area contributed by atoms with Gasteiger partial charge in [-0.3, -0.25) is 0 Å². The normalized spacial score (nSPS) is 10.5. The van der Waals surface area contributed by atoms with Crippen LogP contribution in [-0.2, 0) is 14.3 Å². The lowest BCUT2D eigenvalue weighted by atomic mass is 10.5. The van der Waals surface area contributed by atoms with Gasteiger partial charge in [-0.2, -0.15) is 0 Å². The van der Waals surface area contributed by atoms with Crippen LogP contribution in [0.1, 0.15) is 6.92 Å². The summed E-state index contributed by atoms with van der Waals surface area (Å²) in [5.74, 6) is -0.430. The van der Waals surface area contributed by atoms with E-state index < -0.39 is 5.97 Å². The van der Waals surface area contributed by atoms with E-state index in [1.807, 2.05) is 19.1 Å². The van der Waals surface area contributed by atoms with Gasteiger partial charge in [-0.1, -0.05) is 18.7 Å². The molecule has 0 amide bonds. The van der Waals surface area contributed by atoms with Crippen LogP contribution in [-0.4, -0.2) is 19.2 Å². The van der Waals surface area contributed by atoms with Crippen LogP contribution in [0.15, 0.2) is 37.1 Å². The molecule has 0 aromatic heterocycles. The second kappa shape index (κ2) is 8.59. The first-order valence-corrected chi connectivity index (χ1v) is 4.00. The first-order chi connectivity index (χ1) is 6.31. The van der Waals surface area contributed by atoms with Gasteiger partial charge in [-0.05, 0) is 13.0 Å². The largest absolute Gasteiger partial charge is 0.498 e. The van der Waals surface area contributed by atoms with Crippen LogP contribution >= 0.6 is 0 Å². The maximum Gasteiger partial charge on any atom is 0.330 e. The van der Waals surface area contributed by atoms with Crippen molar-refractivity contribution in [3.8, 4) is 0 Å². The molecule has 3 nitrogen and oxygen atoms in total. The second-order valence-electron chi connectivity index (χ2n) is 2.10. The molecule has 0 aromatic rings. The Bertz CT molecular complexity index is 204. The summed E-state index contributed by atoms with van der Waals surface area (Å²) in [5, 5.41) is 0. The van der Waals surface area contributed by atoms with E-state index in [4.69, 9.17) is 4.74 Å². The summed E-state index contributed by atoms with van der Waals surface area (Å²) in [6.07, 6.45) is 8.15. The summed E-state index contributed by atoms with van der Waals surface area (Å²) in [6, 6.07) is 0. The Hall–Kier alpha value is -1.51. The minimum absolute atomic E-state index is 0.241. The molecule has 0 unspecified atom stereocenters. The minimum Gasteiger partial charge on any atom is -0.498 e. The van der Waals surface area contributed by atoms with Gasteiger partial charge in [-0.15, -0.1) is 0 Å². The van der Waals surface area contributed by atoms with Crippen LogP contribution in [0.4, 0.5) is 0 Å². The molecular weight excluding hydrogens is 168 g/mol. The van der Waals surface area contributed by atoms with E-state index in [9.17, 15) is 4.79 Å². The number of rotatable bonds is 6. The number of hydrogen-bond acceptors (Lipinski definition) is 3. The van der Waals surface area contributed by atoms with E-state index in [-0.39, 0.29) is 6.61 Å². The van der Waals surface area contributed by atoms with Crippen molar-refractivity contribution >= 4 is 5.97 Å². The number of allylic oxidation sites excluding steroid dienone is 3. The van der Waals surface area contributed by atoms with Gasteiger partial charge in [-0.25, -0.2) is 4.79 Å². The predicted octanol–water partition coefficient (Wildman–Crippen LogP) is 1.82. The number of carbonyl (C=O) groups is 1. The van der Waals surface area contributed by atoms with Crippen molar-refractivity contribution in [2.45, 2.75) is 6.92 Å². The highest BCUT2D eigenvalue weighted by molar-refractivity contribution is 5.81. The van der Waals surface area contributed by atoms with Crippen molar-refractivity contribution in [2.24, 2.45) is 0 Å². The molecule has 0 N–H and O–H groups in total. The predicted molar refractivity (Wildman–Crippen MR) is 51.1 cm³/mol. The Morgan fingerprint density at radius 3 is 2.77 bits per heavy atom. The Kier molecular flexibility index (Phi) is 7.59. The van der Waals surface area contributed by atoms with Gasteiger partial charge in [0.2, 0.25) is 0 Å². The lowest BCUT2D eigenvalue weighted by Crippen LogP contribution is -2.06. The lowest BCUT2D eigenvalue weighted by Gasteiger charge is -2.00. The van der Waals surface area contributed by atoms with E-state index in [0.717, 1.165) is 6.08 Å². The second-order valence-corrected chi connectivity index (χ2v) is 2.10. The minimum atomic E-state index is -0.430. The zero-order valence-electron chi connectivity index (χ0n) is 7.73. The monoisotopic (exact) mass is 182 g/mol. The Labute approximate surface area is 78.3 Å². The first kappa shape index (κ1) is 11.5. The molecule has 0 atom stereocenters. The number of carbonyl (C=O) groups excluding carboxylic acids is 1. The fourth-order valence-corrected chi connectivity index (χ4v) is 0.529. The molecule has 0 aromatic carbocycles. The maximum absolute atomic E-state index is 10.5. The van der Waals surface area contributed by atoms with Gasteiger partial charge in [0, 0.05) is 6.08 Å². The van der Waals surface area contributed by atoms with Crippen molar-refractivity contribution in [2.75, 3.05) is 13.2 Å². The third-order valence-electron chi connectivity index (χ3n) is 1.09. The summed E-state index contributed by atoms with van der Waals surface area (Å²) < 4.78 is 9.65. The van der Waals surface area contributed by atoms with E-state index in [1.165, 1.54) is 0 Å². The molecule has 3 heteroatoms. The molecule has 0 aliphatic heterocycles. The molecule has 0 heterocycles. The van der Waals surface area contributed by atoms with Gasteiger partial charge in [0.15, 0.2) is 0 Å². The fraction of sp³-hybridized carbons (Fsp3) is 0.300. The molecule has 0 aliphatic carbocycles. The molecule has 0 spiro atoms.